The van der Waals surface area contributed by atoms with Crippen LogP contribution in [-0.4, -0.2) is 19.7 Å². The highest BCUT2D eigenvalue weighted by atomic mass is 32.2. The van der Waals surface area contributed by atoms with Crippen LogP contribution < -0.4 is 5.32 Å². The van der Waals surface area contributed by atoms with Crippen LogP contribution in [0.3, 0.4) is 0 Å². The number of hydrogen-bond acceptors (Lipinski definition) is 5. The fourth-order valence-corrected chi connectivity index (χ4v) is 3.78. The zero-order valence-corrected chi connectivity index (χ0v) is 16.0. The standard InChI is InChI=1S/C19H20N2O2S2/c1-13(2)14-4-6-15(7-5-14)18-12-24-19(21-18)20-16-8-10-17(11-9-16)25(3,22)23/h4-13H,1-3H3,(H,20,21). The highest BCUT2D eigenvalue weighted by Crippen LogP contribution is 2.28. The zero-order valence-electron chi connectivity index (χ0n) is 14.4. The van der Waals surface area contributed by atoms with Gasteiger partial charge in [0, 0.05) is 22.9 Å². The number of nitrogens with one attached hydrogen (secondary N) is 1. The summed E-state index contributed by atoms with van der Waals surface area (Å²) in [6.45, 7) is 4.35. The summed E-state index contributed by atoms with van der Waals surface area (Å²) in [6, 6.07) is 15.1. The van der Waals surface area contributed by atoms with Crippen LogP contribution in [0.5, 0.6) is 0 Å². The third kappa shape index (κ3) is 4.27. The van der Waals surface area contributed by atoms with Crippen molar-refractivity contribution in [2.45, 2.75) is 24.7 Å². The van der Waals surface area contributed by atoms with Crippen molar-refractivity contribution in [2.24, 2.45) is 0 Å². The minimum absolute atomic E-state index is 0.308. The van der Waals surface area contributed by atoms with Gasteiger partial charge in [0.2, 0.25) is 0 Å². The average Bonchev–Trinajstić information content (AvgIpc) is 3.03. The number of anilines is 2. The minimum Gasteiger partial charge on any atom is -0.332 e. The van der Waals surface area contributed by atoms with Gasteiger partial charge in [-0.2, -0.15) is 0 Å². The van der Waals surface area contributed by atoms with Crippen LogP contribution in [0, 0.1) is 0 Å². The molecule has 2 aromatic carbocycles. The average molecular weight is 373 g/mol. The van der Waals surface area contributed by atoms with E-state index in [-0.39, 0.29) is 0 Å². The molecule has 0 saturated heterocycles. The molecule has 1 aromatic heterocycles. The molecule has 0 aliphatic heterocycles. The molecule has 4 nitrogen and oxygen atoms in total. The number of aromatic nitrogens is 1. The predicted octanol–water partition coefficient (Wildman–Crippen LogP) is 5.08. The lowest BCUT2D eigenvalue weighted by Crippen LogP contribution is -1.97. The molecule has 0 unspecified atom stereocenters. The van der Waals surface area contributed by atoms with Crippen LogP contribution in [0.25, 0.3) is 11.3 Å². The summed E-state index contributed by atoms with van der Waals surface area (Å²) in [6.07, 6.45) is 1.20. The van der Waals surface area contributed by atoms with Gasteiger partial charge < -0.3 is 5.32 Å². The molecule has 0 fully saturated rings. The molecule has 0 aliphatic carbocycles. The Kier molecular flexibility index (Phi) is 4.92. The van der Waals surface area contributed by atoms with E-state index in [1.807, 2.05) is 5.38 Å². The highest BCUT2D eigenvalue weighted by molar-refractivity contribution is 7.90. The van der Waals surface area contributed by atoms with Crippen molar-refractivity contribution in [3.63, 3.8) is 0 Å². The van der Waals surface area contributed by atoms with Gasteiger partial charge in [0.05, 0.1) is 10.6 Å². The normalized spacial score (nSPS) is 11.7. The lowest BCUT2D eigenvalue weighted by molar-refractivity contribution is 0.602. The third-order valence-corrected chi connectivity index (χ3v) is 5.80. The summed E-state index contributed by atoms with van der Waals surface area (Å²) < 4.78 is 23.0. The Morgan fingerprint density at radius 3 is 2.20 bits per heavy atom. The number of rotatable bonds is 5. The van der Waals surface area contributed by atoms with E-state index in [1.165, 1.54) is 23.2 Å². The second-order valence-corrected chi connectivity index (χ2v) is 9.11. The van der Waals surface area contributed by atoms with Gasteiger partial charge >= 0.3 is 0 Å². The van der Waals surface area contributed by atoms with Crippen LogP contribution in [-0.2, 0) is 9.84 Å². The first-order chi connectivity index (χ1) is 11.8. The number of benzene rings is 2. The SMILES string of the molecule is CC(C)c1ccc(-c2csc(Nc3ccc(S(C)(=O)=O)cc3)n2)cc1. The maximum Gasteiger partial charge on any atom is 0.187 e. The molecule has 0 spiro atoms. The van der Waals surface area contributed by atoms with E-state index >= 15 is 0 Å². The Balaban J connectivity index is 1.75. The monoisotopic (exact) mass is 372 g/mol. The maximum atomic E-state index is 11.5. The Hall–Kier alpha value is -2.18. The molecule has 1 N–H and O–H groups in total. The van der Waals surface area contributed by atoms with Gasteiger partial charge in [-0.1, -0.05) is 38.1 Å². The van der Waals surface area contributed by atoms with Crippen LogP contribution >= 0.6 is 11.3 Å². The molecule has 0 saturated carbocycles. The van der Waals surface area contributed by atoms with E-state index in [4.69, 9.17) is 0 Å². The minimum atomic E-state index is -3.17. The smallest absolute Gasteiger partial charge is 0.187 e. The molecule has 3 aromatic rings. The van der Waals surface area contributed by atoms with Crippen molar-refractivity contribution in [2.75, 3.05) is 11.6 Å². The Labute approximate surface area is 152 Å². The van der Waals surface area contributed by atoms with Crippen LogP contribution in [0.4, 0.5) is 10.8 Å². The van der Waals surface area contributed by atoms with Gasteiger partial charge in [0.1, 0.15) is 0 Å². The van der Waals surface area contributed by atoms with Gasteiger partial charge in [-0.25, -0.2) is 13.4 Å². The first-order valence-corrected chi connectivity index (χ1v) is 10.7. The molecule has 0 radical (unpaired) electrons. The first kappa shape index (κ1) is 17.6. The highest BCUT2D eigenvalue weighted by Gasteiger charge is 2.08. The van der Waals surface area contributed by atoms with Gasteiger partial charge in [-0.3, -0.25) is 0 Å². The van der Waals surface area contributed by atoms with Gasteiger partial charge in [-0.15, -0.1) is 11.3 Å². The number of thiazole rings is 1. The summed E-state index contributed by atoms with van der Waals surface area (Å²) in [5.41, 5.74) is 4.13. The number of sulfone groups is 1. The summed E-state index contributed by atoms with van der Waals surface area (Å²) in [5.74, 6) is 0.511. The topological polar surface area (TPSA) is 59.1 Å². The van der Waals surface area contributed by atoms with Gasteiger partial charge in [-0.05, 0) is 35.7 Å². The molecular weight excluding hydrogens is 352 g/mol. The van der Waals surface area contributed by atoms with Crippen LogP contribution in [0.15, 0.2) is 58.8 Å². The largest absolute Gasteiger partial charge is 0.332 e. The van der Waals surface area contributed by atoms with Crippen LogP contribution in [0.1, 0.15) is 25.3 Å². The third-order valence-electron chi connectivity index (χ3n) is 3.91. The van der Waals surface area contributed by atoms with Gasteiger partial charge in [0.25, 0.3) is 0 Å². The lowest BCUT2D eigenvalue weighted by atomic mass is 10.0. The summed E-state index contributed by atoms with van der Waals surface area (Å²) in [5, 5.41) is 6.00. The molecule has 3 rings (SSSR count). The van der Waals surface area contributed by atoms with E-state index in [0.29, 0.717) is 10.8 Å². The fraction of sp³-hybridized carbons (Fsp3) is 0.211. The van der Waals surface area contributed by atoms with Crippen molar-refractivity contribution in [3.05, 3.63) is 59.5 Å². The second kappa shape index (κ2) is 6.98. The predicted molar refractivity (Wildman–Crippen MR) is 104 cm³/mol. The molecule has 1 heterocycles. The number of nitrogens with zero attached hydrogens (tertiary/aromatic N) is 1. The van der Waals surface area contributed by atoms with Gasteiger partial charge in [0.15, 0.2) is 15.0 Å². The van der Waals surface area contributed by atoms with Crippen molar-refractivity contribution >= 4 is 32.0 Å². The van der Waals surface area contributed by atoms with E-state index < -0.39 is 9.84 Å². The quantitative estimate of drug-likeness (QED) is 0.678. The Bertz CT molecular complexity index is 957. The Morgan fingerprint density at radius 1 is 1.00 bits per heavy atom. The van der Waals surface area contributed by atoms with E-state index in [1.54, 1.807) is 24.3 Å². The lowest BCUT2D eigenvalue weighted by Gasteiger charge is -2.05. The molecule has 0 amide bonds. The molecule has 0 bridgehead atoms. The summed E-state index contributed by atoms with van der Waals surface area (Å²) in [4.78, 5) is 4.92. The molecular formula is C19H20N2O2S2. The van der Waals surface area contributed by atoms with Crippen molar-refractivity contribution < 1.29 is 8.42 Å². The molecule has 25 heavy (non-hydrogen) atoms. The molecule has 0 atom stereocenters. The first-order valence-electron chi connectivity index (χ1n) is 7.96. The molecule has 0 aliphatic rings. The second-order valence-electron chi connectivity index (χ2n) is 6.24. The molecule has 6 heteroatoms. The summed E-state index contributed by atoms with van der Waals surface area (Å²) in [7, 11) is -3.17. The Morgan fingerprint density at radius 2 is 1.64 bits per heavy atom. The number of hydrogen-bond donors (Lipinski definition) is 1. The zero-order chi connectivity index (χ0) is 18.0. The van der Waals surface area contributed by atoms with Crippen molar-refractivity contribution in [1.29, 1.82) is 0 Å². The van der Waals surface area contributed by atoms with E-state index in [9.17, 15) is 8.42 Å². The van der Waals surface area contributed by atoms with E-state index in [2.05, 4.69) is 48.4 Å². The van der Waals surface area contributed by atoms with E-state index in [0.717, 1.165) is 22.1 Å². The summed E-state index contributed by atoms with van der Waals surface area (Å²) >= 11 is 1.52. The van der Waals surface area contributed by atoms with Crippen molar-refractivity contribution in [3.8, 4) is 11.3 Å². The fourth-order valence-electron chi connectivity index (χ4n) is 2.41. The van der Waals surface area contributed by atoms with Crippen molar-refractivity contribution in [1.82, 2.24) is 4.98 Å². The van der Waals surface area contributed by atoms with Crippen LogP contribution in [0.2, 0.25) is 0 Å². The maximum absolute atomic E-state index is 11.5. The molecule has 130 valence electrons.